The Labute approximate surface area is 227 Å². The number of fused-ring (bicyclic) bond motifs is 1. The molecule has 0 amide bonds. The standard InChI is InChI=1S/C25H27ClFN7.2ClH/c26-24-29-12-9-23(32-24)28-13-16-33-14-10-20(11-15-33)30-25-31-21-3-1-2-4-22(21)34(25)17-18-5-7-19(27)8-6-18;;/h1-9,12,20H,10-11,13-17H2,(H,30,31)(H,28,29,32);2*1H. The third-order valence-electron chi connectivity index (χ3n) is 6.19. The summed E-state index contributed by atoms with van der Waals surface area (Å²) < 4.78 is 15.6. The SMILES string of the molecule is Cl.Cl.Fc1ccc(Cn2c(NC3CCN(CCNc4ccnc(Cl)n4)CC3)nc3ccccc32)cc1. The van der Waals surface area contributed by atoms with Gasteiger partial charge in [-0.1, -0.05) is 24.3 Å². The van der Waals surface area contributed by atoms with Crippen LogP contribution in [0.1, 0.15) is 18.4 Å². The summed E-state index contributed by atoms with van der Waals surface area (Å²) >= 11 is 5.84. The fourth-order valence-corrected chi connectivity index (χ4v) is 4.52. The number of hydrogen-bond donors (Lipinski definition) is 2. The molecular formula is C25H29Cl3FN7. The lowest BCUT2D eigenvalue weighted by Gasteiger charge is -2.32. The molecule has 0 bridgehead atoms. The number of likely N-dealkylation sites (tertiary alicyclic amines) is 1. The van der Waals surface area contributed by atoms with Crippen LogP contribution >= 0.6 is 36.4 Å². The lowest BCUT2D eigenvalue weighted by Crippen LogP contribution is -2.41. The third kappa shape index (κ3) is 6.97. The monoisotopic (exact) mass is 551 g/mol. The Balaban J connectivity index is 0.00000180. The van der Waals surface area contributed by atoms with Crippen LogP contribution in [-0.4, -0.2) is 56.6 Å². The molecule has 4 aromatic rings. The van der Waals surface area contributed by atoms with E-state index in [1.165, 1.54) is 12.1 Å². The molecule has 2 aromatic heterocycles. The Morgan fingerprint density at radius 3 is 2.47 bits per heavy atom. The van der Waals surface area contributed by atoms with E-state index < -0.39 is 0 Å². The number of halogens is 4. The molecule has 2 N–H and O–H groups in total. The van der Waals surface area contributed by atoms with E-state index in [0.717, 1.165) is 67.4 Å². The summed E-state index contributed by atoms with van der Waals surface area (Å²) in [6.45, 7) is 4.42. The van der Waals surface area contributed by atoms with E-state index in [1.807, 2.05) is 36.4 Å². The number of para-hydroxylation sites is 2. The molecule has 11 heteroatoms. The minimum atomic E-state index is -0.222. The van der Waals surface area contributed by atoms with Gasteiger partial charge in [0.25, 0.3) is 0 Å². The molecule has 7 nitrogen and oxygen atoms in total. The molecule has 1 aliphatic heterocycles. The average molecular weight is 553 g/mol. The molecule has 0 aliphatic carbocycles. The molecule has 192 valence electrons. The maximum absolute atomic E-state index is 13.4. The highest BCUT2D eigenvalue weighted by Crippen LogP contribution is 2.24. The summed E-state index contributed by atoms with van der Waals surface area (Å²) in [6.07, 6.45) is 3.73. The van der Waals surface area contributed by atoms with Crippen molar-refractivity contribution in [2.75, 3.05) is 36.8 Å². The summed E-state index contributed by atoms with van der Waals surface area (Å²) in [5, 5.41) is 7.24. The third-order valence-corrected chi connectivity index (χ3v) is 6.37. The van der Waals surface area contributed by atoms with Crippen molar-refractivity contribution in [2.45, 2.75) is 25.4 Å². The lowest BCUT2D eigenvalue weighted by molar-refractivity contribution is 0.226. The Hall–Kier alpha value is -2.65. The molecule has 0 radical (unpaired) electrons. The predicted molar refractivity (Wildman–Crippen MR) is 148 cm³/mol. The van der Waals surface area contributed by atoms with Gasteiger partial charge in [0.05, 0.1) is 17.6 Å². The van der Waals surface area contributed by atoms with Gasteiger partial charge in [-0.15, -0.1) is 24.8 Å². The molecule has 1 saturated heterocycles. The topological polar surface area (TPSA) is 70.9 Å². The zero-order valence-corrected chi connectivity index (χ0v) is 22.0. The molecule has 0 unspecified atom stereocenters. The minimum absolute atomic E-state index is 0. The van der Waals surface area contributed by atoms with Gasteiger partial charge in [-0.25, -0.2) is 19.3 Å². The highest BCUT2D eigenvalue weighted by molar-refractivity contribution is 6.28. The van der Waals surface area contributed by atoms with Gasteiger partial charge in [0.15, 0.2) is 0 Å². The first-order chi connectivity index (χ1) is 16.6. The quantitative estimate of drug-likeness (QED) is 0.281. The zero-order chi connectivity index (χ0) is 23.3. The number of nitrogens with one attached hydrogen (secondary N) is 2. The second-order valence-electron chi connectivity index (χ2n) is 8.53. The predicted octanol–water partition coefficient (Wildman–Crippen LogP) is 5.50. The van der Waals surface area contributed by atoms with Gasteiger partial charge in [-0.2, -0.15) is 0 Å². The Kier molecular flexibility index (Phi) is 10.1. The van der Waals surface area contributed by atoms with Gasteiger partial charge in [-0.3, -0.25) is 0 Å². The van der Waals surface area contributed by atoms with Gasteiger partial charge in [-0.05, 0) is 60.3 Å². The Morgan fingerprint density at radius 2 is 1.72 bits per heavy atom. The largest absolute Gasteiger partial charge is 0.369 e. The number of piperidine rings is 1. The van der Waals surface area contributed by atoms with Gasteiger partial charge >= 0.3 is 0 Å². The fourth-order valence-electron chi connectivity index (χ4n) is 4.38. The second-order valence-corrected chi connectivity index (χ2v) is 8.87. The number of hydrogen-bond acceptors (Lipinski definition) is 6. The van der Waals surface area contributed by atoms with Crippen molar-refractivity contribution in [2.24, 2.45) is 0 Å². The van der Waals surface area contributed by atoms with E-state index in [-0.39, 0.29) is 35.9 Å². The molecule has 0 atom stereocenters. The number of imidazole rings is 1. The average Bonchev–Trinajstić information content (AvgIpc) is 3.18. The number of rotatable bonds is 8. The van der Waals surface area contributed by atoms with E-state index in [2.05, 4.69) is 36.1 Å². The van der Waals surface area contributed by atoms with E-state index >= 15 is 0 Å². The fraction of sp³-hybridized carbons (Fsp3) is 0.320. The van der Waals surface area contributed by atoms with Crippen molar-refractivity contribution in [3.05, 3.63) is 77.5 Å². The number of nitrogens with zero attached hydrogens (tertiary/aromatic N) is 5. The maximum atomic E-state index is 13.4. The normalized spacial score (nSPS) is 14.2. The molecule has 5 rings (SSSR count). The van der Waals surface area contributed by atoms with Crippen LogP contribution in [0, 0.1) is 5.82 Å². The van der Waals surface area contributed by atoms with Crippen LogP contribution in [0.3, 0.4) is 0 Å². The number of anilines is 2. The zero-order valence-electron chi connectivity index (χ0n) is 19.6. The van der Waals surface area contributed by atoms with Crippen molar-refractivity contribution >= 4 is 59.2 Å². The van der Waals surface area contributed by atoms with Gasteiger partial charge in [0.2, 0.25) is 11.2 Å². The number of benzene rings is 2. The molecule has 3 heterocycles. The van der Waals surface area contributed by atoms with Crippen LogP contribution in [0.4, 0.5) is 16.2 Å². The van der Waals surface area contributed by atoms with E-state index in [4.69, 9.17) is 16.6 Å². The Morgan fingerprint density at radius 1 is 0.972 bits per heavy atom. The van der Waals surface area contributed by atoms with E-state index in [9.17, 15) is 4.39 Å². The molecular weight excluding hydrogens is 524 g/mol. The molecule has 0 saturated carbocycles. The van der Waals surface area contributed by atoms with Crippen LogP contribution in [-0.2, 0) is 6.54 Å². The molecule has 0 spiro atoms. The number of aromatic nitrogens is 4. The van der Waals surface area contributed by atoms with E-state index in [1.54, 1.807) is 6.20 Å². The van der Waals surface area contributed by atoms with Crippen molar-refractivity contribution in [3.63, 3.8) is 0 Å². The minimum Gasteiger partial charge on any atom is -0.369 e. The first kappa shape index (κ1) is 27.9. The van der Waals surface area contributed by atoms with Crippen molar-refractivity contribution in [1.29, 1.82) is 0 Å². The molecule has 2 aromatic carbocycles. The lowest BCUT2D eigenvalue weighted by atomic mass is 10.1. The summed E-state index contributed by atoms with van der Waals surface area (Å²) in [6, 6.07) is 17.0. The first-order valence-corrected chi connectivity index (χ1v) is 11.9. The van der Waals surface area contributed by atoms with Crippen molar-refractivity contribution in [1.82, 2.24) is 24.4 Å². The van der Waals surface area contributed by atoms with Crippen molar-refractivity contribution < 1.29 is 4.39 Å². The highest BCUT2D eigenvalue weighted by atomic mass is 35.5. The van der Waals surface area contributed by atoms with Crippen LogP contribution in [0.15, 0.2) is 60.8 Å². The summed E-state index contributed by atoms with van der Waals surface area (Å²) in [4.78, 5) is 15.4. The summed E-state index contributed by atoms with van der Waals surface area (Å²) in [5.41, 5.74) is 3.07. The maximum Gasteiger partial charge on any atom is 0.224 e. The van der Waals surface area contributed by atoms with Crippen LogP contribution in [0.2, 0.25) is 5.28 Å². The van der Waals surface area contributed by atoms with Gasteiger partial charge < -0.3 is 20.1 Å². The highest BCUT2D eigenvalue weighted by Gasteiger charge is 2.21. The van der Waals surface area contributed by atoms with Crippen LogP contribution in [0.25, 0.3) is 11.0 Å². The molecule has 1 aliphatic rings. The van der Waals surface area contributed by atoms with E-state index in [0.29, 0.717) is 12.6 Å². The van der Waals surface area contributed by atoms with Gasteiger partial charge in [0.1, 0.15) is 11.6 Å². The second kappa shape index (κ2) is 13.1. The first-order valence-electron chi connectivity index (χ1n) is 11.5. The Bertz CT molecular complexity index is 1240. The molecule has 1 fully saturated rings. The van der Waals surface area contributed by atoms with Crippen LogP contribution < -0.4 is 10.6 Å². The summed E-state index contributed by atoms with van der Waals surface area (Å²) in [5.74, 6) is 1.39. The molecule has 36 heavy (non-hydrogen) atoms. The van der Waals surface area contributed by atoms with Crippen LogP contribution in [0.5, 0.6) is 0 Å². The van der Waals surface area contributed by atoms with Gasteiger partial charge in [0, 0.05) is 38.4 Å². The smallest absolute Gasteiger partial charge is 0.224 e. The summed E-state index contributed by atoms with van der Waals surface area (Å²) in [7, 11) is 0. The van der Waals surface area contributed by atoms with Crippen molar-refractivity contribution in [3.8, 4) is 0 Å².